The van der Waals surface area contributed by atoms with Crippen molar-refractivity contribution in [3.8, 4) is 0 Å². The molecule has 0 fully saturated rings. The fraction of sp³-hybridized carbons (Fsp3) is 0.412. The van der Waals surface area contributed by atoms with Gasteiger partial charge in [0.1, 0.15) is 0 Å². The Bertz CT molecular complexity index is 649. The van der Waals surface area contributed by atoms with Gasteiger partial charge >= 0.3 is 0 Å². The lowest BCUT2D eigenvalue weighted by Crippen LogP contribution is -2.32. The van der Waals surface area contributed by atoms with Gasteiger partial charge < -0.3 is 10.6 Å². The minimum Gasteiger partial charge on any atom is -0.338 e. The molecule has 0 saturated carbocycles. The third-order valence-electron chi connectivity index (χ3n) is 3.92. The zero-order valence-corrected chi connectivity index (χ0v) is 16.8. The van der Waals surface area contributed by atoms with Gasteiger partial charge in [0.15, 0.2) is 0 Å². The van der Waals surface area contributed by atoms with Crippen LogP contribution < -0.4 is 5.73 Å². The van der Waals surface area contributed by atoms with Gasteiger partial charge in [-0.2, -0.15) is 0 Å². The Hall–Kier alpha value is -1.14. The molecule has 0 spiro atoms. The molecule has 0 radical (unpaired) electrons. The van der Waals surface area contributed by atoms with Crippen LogP contribution in [0.25, 0.3) is 0 Å². The Morgan fingerprint density at radius 1 is 1.25 bits per heavy atom. The van der Waals surface area contributed by atoms with Crippen molar-refractivity contribution in [2.45, 2.75) is 39.3 Å². The standard InChI is InChI=1S/C17H23N3OS.2ClH/c1-11-17(22-13(3)19-11)12(2)20(4)16(21)10-15(18)14-8-6-5-7-9-14;;/h5-9,12,15H,10,18H2,1-4H3;2*1H. The lowest BCUT2D eigenvalue weighted by molar-refractivity contribution is -0.132. The van der Waals surface area contributed by atoms with E-state index >= 15 is 0 Å². The first-order valence-corrected chi connectivity index (χ1v) is 8.22. The summed E-state index contributed by atoms with van der Waals surface area (Å²) in [6.45, 7) is 6.01. The summed E-state index contributed by atoms with van der Waals surface area (Å²) in [7, 11) is 1.83. The average molecular weight is 390 g/mol. The summed E-state index contributed by atoms with van der Waals surface area (Å²) >= 11 is 1.65. The first-order chi connectivity index (χ1) is 10.4. The number of benzene rings is 1. The number of rotatable bonds is 5. The molecule has 134 valence electrons. The van der Waals surface area contributed by atoms with Gasteiger partial charge in [0.05, 0.1) is 16.7 Å². The first-order valence-electron chi connectivity index (χ1n) is 7.40. The maximum Gasteiger partial charge on any atom is 0.224 e. The second-order valence-electron chi connectivity index (χ2n) is 5.58. The van der Waals surface area contributed by atoms with Crippen molar-refractivity contribution in [1.29, 1.82) is 0 Å². The lowest BCUT2D eigenvalue weighted by atomic mass is 10.0. The number of carbonyl (C=O) groups excluding carboxylic acids is 1. The molecule has 0 aliphatic rings. The van der Waals surface area contributed by atoms with Crippen molar-refractivity contribution in [3.63, 3.8) is 0 Å². The zero-order valence-electron chi connectivity index (χ0n) is 14.4. The summed E-state index contributed by atoms with van der Waals surface area (Å²) in [5, 5.41) is 1.03. The number of aromatic nitrogens is 1. The van der Waals surface area contributed by atoms with E-state index in [4.69, 9.17) is 5.73 Å². The van der Waals surface area contributed by atoms with Gasteiger partial charge in [-0.05, 0) is 26.3 Å². The molecule has 2 rings (SSSR count). The second-order valence-corrected chi connectivity index (χ2v) is 6.82. The van der Waals surface area contributed by atoms with E-state index in [-0.39, 0.29) is 42.8 Å². The van der Waals surface area contributed by atoms with Crippen LogP contribution in [0, 0.1) is 13.8 Å². The van der Waals surface area contributed by atoms with Crippen LogP contribution in [-0.4, -0.2) is 22.8 Å². The van der Waals surface area contributed by atoms with Gasteiger partial charge in [0, 0.05) is 24.4 Å². The van der Waals surface area contributed by atoms with Gasteiger partial charge in [0.25, 0.3) is 0 Å². The number of hydrogen-bond donors (Lipinski definition) is 1. The topological polar surface area (TPSA) is 59.2 Å². The Balaban J connectivity index is 0.00000264. The minimum atomic E-state index is -0.271. The molecule has 1 aromatic heterocycles. The third kappa shape index (κ3) is 5.45. The highest BCUT2D eigenvalue weighted by Crippen LogP contribution is 2.29. The van der Waals surface area contributed by atoms with E-state index in [0.29, 0.717) is 6.42 Å². The SMILES string of the molecule is Cc1nc(C)c(C(C)N(C)C(=O)CC(N)c2ccccc2)s1.Cl.Cl. The molecule has 1 heterocycles. The predicted octanol–water partition coefficient (Wildman–Crippen LogP) is 4.21. The minimum absolute atomic E-state index is 0. The molecule has 0 bridgehead atoms. The Kier molecular flexibility index (Phi) is 9.51. The van der Waals surface area contributed by atoms with Crippen LogP contribution in [-0.2, 0) is 4.79 Å². The van der Waals surface area contributed by atoms with Gasteiger partial charge in [-0.3, -0.25) is 4.79 Å². The predicted molar refractivity (Wildman–Crippen MR) is 105 cm³/mol. The van der Waals surface area contributed by atoms with Gasteiger partial charge in [-0.15, -0.1) is 36.2 Å². The molecule has 0 aliphatic heterocycles. The van der Waals surface area contributed by atoms with Crippen LogP contribution in [0.3, 0.4) is 0 Å². The Labute approximate surface area is 160 Å². The molecule has 2 N–H and O–H groups in total. The number of aryl methyl sites for hydroxylation is 2. The van der Waals surface area contributed by atoms with Crippen molar-refractivity contribution in [2.75, 3.05) is 7.05 Å². The molecule has 24 heavy (non-hydrogen) atoms. The van der Waals surface area contributed by atoms with Crippen LogP contribution in [0.15, 0.2) is 30.3 Å². The molecule has 2 atom stereocenters. The number of carbonyl (C=O) groups is 1. The van der Waals surface area contributed by atoms with E-state index in [1.165, 1.54) is 0 Å². The first kappa shape index (κ1) is 22.9. The van der Waals surface area contributed by atoms with Gasteiger partial charge in [-0.25, -0.2) is 4.98 Å². The molecule has 4 nitrogen and oxygen atoms in total. The number of nitrogens with zero attached hydrogens (tertiary/aromatic N) is 2. The van der Waals surface area contributed by atoms with Gasteiger partial charge in [-0.1, -0.05) is 30.3 Å². The molecule has 0 saturated heterocycles. The van der Waals surface area contributed by atoms with E-state index in [1.807, 2.05) is 58.2 Å². The highest BCUT2D eigenvalue weighted by molar-refractivity contribution is 7.11. The number of halogens is 2. The fourth-order valence-corrected chi connectivity index (χ4v) is 3.50. The van der Waals surface area contributed by atoms with Crippen molar-refractivity contribution < 1.29 is 4.79 Å². The second kappa shape index (κ2) is 9.99. The van der Waals surface area contributed by atoms with Gasteiger partial charge in [0.2, 0.25) is 5.91 Å². The largest absolute Gasteiger partial charge is 0.338 e. The summed E-state index contributed by atoms with van der Waals surface area (Å²) in [6.07, 6.45) is 0.307. The lowest BCUT2D eigenvalue weighted by Gasteiger charge is -2.26. The summed E-state index contributed by atoms with van der Waals surface area (Å²) in [5.41, 5.74) is 8.14. The Morgan fingerprint density at radius 3 is 2.33 bits per heavy atom. The fourth-order valence-electron chi connectivity index (χ4n) is 2.48. The van der Waals surface area contributed by atoms with Crippen LogP contribution >= 0.6 is 36.2 Å². The number of thiazole rings is 1. The van der Waals surface area contributed by atoms with Crippen LogP contribution in [0.5, 0.6) is 0 Å². The zero-order chi connectivity index (χ0) is 16.3. The maximum atomic E-state index is 12.5. The third-order valence-corrected chi connectivity index (χ3v) is 5.16. The molecule has 2 unspecified atom stereocenters. The monoisotopic (exact) mass is 389 g/mol. The van der Waals surface area contributed by atoms with E-state index in [2.05, 4.69) is 4.98 Å². The van der Waals surface area contributed by atoms with E-state index < -0.39 is 0 Å². The summed E-state index contributed by atoms with van der Waals surface area (Å²) < 4.78 is 0. The van der Waals surface area contributed by atoms with E-state index in [9.17, 15) is 4.79 Å². The summed E-state index contributed by atoms with van der Waals surface area (Å²) in [6, 6.07) is 9.48. The Morgan fingerprint density at radius 2 is 1.83 bits per heavy atom. The van der Waals surface area contributed by atoms with Crippen molar-refractivity contribution in [1.82, 2.24) is 9.88 Å². The maximum absolute atomic E-state index is 12.5. The molecule has 0 aliphatic carbocycles. The molecule has 1 amide bonds. The molecular weight excluding hydrogens is 365 g/mol. The van der Waals surface area contributed by atoms with Crippen LogP contribution in [0.2, 0.25) is 0 Å². The number of amides is 1. The highest BCUT2D eigenvalue weighted by Gasteiger charge is 2.23. The highest BCUT2D eigenvalue weighted by atomic mass is 35.5. The van der Waals surface area contributed by atoms with Crippen LogP contribution in [0.4, 0.5) is 0 Å². The molecule has 7 heteroatoms. The number of hydrogen-bond acceptors (Lipinski definition) is 4. The quantitative estimate of drug-likeness (QED) is 0.832. The molecule has 1 aromatic carbocycles. The van der Waals surface area contributed by atoms with E-state index in [0.717, 1.165) is 21.1 Å². The normalized spacial score (nSPS) is 12.5. The smallest absolute Gasteiger partial charge is 0.224 e. The molecule has 2 aromatic rings. The van der Waals surface area contributed by atoms with Crippen molar-refractivity contribution in [3.05, 3.63) is 51.5 Å². The summed E-state index contributed by atoms with van der Waals surface area (Å²) in [5.74, 6) is 0.0503. The summed E-state index contributed by atoms with van der Waals surface area (Å²) in [4.78, 5) is 19.8. The van der Waals surface area contributed by atoms with E-state index in [1.54, 1.807) is 16.2 Å². The van der Waals surface area contributed by atoms with Crippen molar-refractivity contribution >= 4 is 42.1 Å². The molecular formula is C17H25Cl2N3OS. The average Bonchev–Trinajstić information content (AvgIpc) is 2.85. The van der Waals surface area contributed by atoms with Crippen molar-refractivity contribution in [2.24, 2.45) is 5.73 Å². The van der Waals surface area contributed by atoms with Crippen LogP contribution in [0.1, 0.15) is 46.6 Å². The number of nitrogens with two attached hydrogens (primary N) is 1.